The second-order valence-corrected chi connectivity index (χ2v) is 7.45. The SMILES string of the molecule is CC(C)Oc1ccc(C2NC(=O)c3c(sc4c3CCC4)N2)cc1. The van der Waals surface area contributed by atoms with Crippen molar-refractivity contribution in [1.29, 1.82) is 0 Å². The lowest BCUT2D eigenvalue weighted by atomic mass is 10.1. The van der Waals surface area contributed by atoms with E-state index < -0.39 is 0 Å². The van der Waals surface area contributed by atoms with Crippen LogP contribution in [0.15, 0.2) is 24.3 Å². The molecule has 0 saturated heterocycles. The zero-order valence-corrected chi connectivity index (χ0v) is 14.1. The van der Waals surface area contributed by atoms with Crippen LogP contribution in [0.5, 0.6) is 5.75 Å². The Labute approximate surface area is 139 Å². The highest BCUT2D eigenvalue weighted by Gasteiger charge is 2.32. The van der Waals surface area contributed by atoms with E-state index in [1.54, 1.807) is 11.3 Å². The van der Waals surface area contributed by atoms with Crippen molar-refractivity contribution in [3.05, 3.63) is 45.8 Å². The summed E-state index contributed by atoms with van der Waals surface area (Å²) in [7, 11) is 0. The number of benzene rings is 1. The number of carbonyl (C=O) groups excluding carboxylic acids is 1. The van der Waals surface area contributed by atoms with Crippen molar-refractivity contribution in [2.45, 2.75) is 45.4 Å². The summed E-state index contributed by atoms with van der Waals surface area (Å²) in [4.78, 5) is 13.9. The monoisotopic (exact) mass is 328 g/mol. The minimum Gasteiger partial charge on any atom is -0.491 e. The van der Waals surface area contributed by atoms with Gasteiger partial charge in [0.2, 0.25) is 0 Å². The van der Waals surface area contributed by atoms with E-state index in [1.807, 2.05) is 38.1 Å². The Morgan fingerprint density at radius 2 is 1.96 bits per heavy atom. The van der Waals surface area contributed by atoms with Gasteiger partial charge < -0.3 is 15.4 Å². The van der Waals surface area contributed by atoms with E-state index in [1.165, 1.54) is 16.9 Å². The van der Waals surface area contributed by atoms with E-state index in [-0.39, 0.29) is 18.2 Å². The molecule has 2 aromatic rings. The minimum absolute atomic E-state index is 0.0469. The van der Waals surface area contributed by atoms with Crippen LogP contribution in [-0.2, 0) is 12.8 Å². The first-order valence-corrected chi connectivity index (χ1v) is 8.92. The number of ether oxygens (including phenoxy) is 1. The van der Waals surface area contributed by atoms with Crippen molar-refractivity contribution in [3.63, 3.8) is 0 Å². The number of thiophene rings is 1. The number of amides is 1. The number of anilines is 1. The molecule has 120 valence electrons. The summed E-state index contributed by atoms with van der Waals surface area (Å²) in [6.07, 6.45) is 3.28. The van der Waals surface area contributed by atoms with Gasteiger partial charge in [0.25, 0.3) is 5.91 Å². The Hall–Kier alpha value is -2.01. The minimum atomic E-state index is -0.179. The highest BCUT2D eigenvalue weighted by Crippen LogP contribution is 2.42. The molecule has 4 nitrogen and oxygen atoms in total. The highest BCUT2D eigenvalue weighted by atomic mass is 32.1. The molecule has 0 saturated carbocycles. The standard InChI is InChI=1S/C18H20N2O2S/c1-10(2)22-12-8-6-11(7-9-12)16-19-17(21)15-13-4-3-5-14(13)23-18(15)20-16/h6-10,16,20H,3-5H2,1-2H3,(H,19,21). The van der Waals surface area contributed by atoms with Crippen LogP contribution in [0.25, 0.3) is 0 Å². The molecule has 4 rings (SSSR count). The Morgan fingerprint density at radius 3 is 2.70 bits per heavy atom. The Balaban J connectivity index is 1.58. The van der Waals surface area contributed by atoms with Crippen LogP contribution >= 0.6 is 11.3 Å². The molecule has 23 heavy (non-hydrogen) atoms. The van der Waals surface area contributed by atoms with Gasteiger partial charge in [0.05, 0.1) is 11.7 Å². The summed E-state index contributed by atoms with van der Waals surface area (Å²) in [6.45, 7) is 4.02. The second kappa shape index (κ2) is 5.57. The molecular weight excluding hydrogens is 308 g/mol. The average Bonchev–Trinajstić information content (AvgIpc) is 3.07. The van der Waals surface area contributed by atoms with Gasteiger partial charge in [-0.05, 0) is 56.4 Å². The summed E-state index contributed by atoms with van der Waals surface area (Å²) >= 11 is 1.74. The molecule has 1 atom stereocenters. The maximum atomic E-state index is 12.5. The highest BCUT2D eigenvalue weighted by molar-refractivity contribution is 7.16. The lowest BCUT2D eigenvalue weighted by molar-refractivity contribution is 0.0935. The number of hydrogen-bond acceptors (Lipinski definition) is 4. The van der Waals surface area contributed by atoms with Gasteiger partial charge in [-0.15, -0.1) is 11.3 Å². The van der Waals surface area contributed by atoms with Gasteiger partial charge in [-0.25, -0.2) is 0 Å². The molecule has 1 aliphatic carbocycles. The van der Waals surface area contributed by atoms with Crippen LogP contribution in [-0.4, -0.2) is 12.0 Å². The number of fused-ring (bicyclic) bond motifs is 3. The van der Waals surface area contributed by atoms with Crippen molar-refractivity contribution >= 4 is 22.2 Å². The molecule has 2 N–H and O–H groups in total. The first kappa shape index (κ1) is 14.6. The van der Waals surface area contributed by atoms with E-state index >= 15 is 0 Å². The van der Waals surface area contributed by atoms with Crippen LogP contribution in [0.2, 0.25) is 0 Å². The fraction of sp³-hybridized carbons (Fsp3) is 0.389. The summed E-state index contributed by atoms with van der Waals surface area (Å²) in [5, 5.41) is 7.58. The fourth-order valence-electron chi connectivity index (χ4n) is 3.29. The molecule has 2 aliphatic rings. The van der Waals surface area contributed by atoms with Crippen LogP contribution < -0.4 is 15.4 Å². The summed E-state index contributed by atoms with van der Waals surface area (Å²) in [5.74, 6) is 0.896. The van der Waals surface area contributed by atoms with Crippen LogP contribution in [0.4, 0.5) is 5.00 Å². The normalized spacial score (nSPS) is 19.1. The molecule has 1 aliphatic heterocycles. The van der Waals surface area contributed by atoms with E-state index in [0.717, 1.165) is 34.7 Å². The molecule has 0 fully saturated rings. The lowest BCUT2D eigenvalue weighted by Crippen LogP contribution is -2.38. The molecule has 1 unspecified atom stereocenters. The lowest BCUT2D eigenvalue weighted by Gasteiger charge is -2.26. The van der Waals surface area contributed by atoms with E-state index in [9.17, 15) is 4.79 Å². The third-order valence-electron chi connectivity index (χ3n) is 4.28. The first-order chi connectivity index (χ1) is 11.1. The quantitative estimate of drug-likeness (QED) is 0.899. The van der Waals surface area contributed by atoms with Gasteiger partial charge in [0, 0.05) is 4.88 Å². The maximum absolute atomic E-state index is 12.5. The molecule has 1 aromatic heterocycles. The summed E-state index contributed by atoms with van der Waals surface area (Å²) in [5.41, 5.74) is 3.17. The summed E-state index contributed by atoms with van der Waals surface area (Å²) < 4.78 is 5.67. The zero-order valence-electron chi connectivity index (χ0n) is 13.3. The number of aryl methyl sites for hydroxylation is 1. The Bertz CT molecular complexity index is 749. The Morgan fingerprint density at radius 1 is 1.17 bits per heavy atom. The topological polar surface area (TPSA) is 50.4 Å². The van der Waals surface area contributed by atoms with Crippen molar-refractivity contribution in [3.8, 4) is 5.75 Å². The van der Waals surface area contributed by atoms with Crippen LogP contribution in [0, 0.1) is 0 Å². The van der Waals surface area contributed by atoms with Gasteiger partial charge in [0.15, 0.2) is 0 Å². The third-order valence-corrected chi connectivity index (χ3v) is 5.51. The number of nitrogens with one attached hydrogen (secondary N) is 2. The zero-order chi connectivity index (χ0) is 16.0. The second-order valence-electron chi connectivity index (χ2n) is 6.35. The molecule has 5 heteroatoms. The molecule has 2 heterocycles. The number of hydrogen-bond donors (Lipinski definition) is 2. The third kappa shape index (κ3) is 2.59. The van der Waals surface area contributed by atoms with Crippen molar-refractivity contribution in [2.75, 3.05) is 5.32 Å². The van der Waals surface area contributed by atoms with E-state index in [2.05, 4.69) is 10.6 Å². The molecule has 0 bridgehead atoms. The molecule has 1 aromatic carbocycles. The molecule has 0 radical (unpaired) electrons. The van der Waals surface area contributed by atoms with Crippen LogP contribution in [0.3, 0.4) is 0 Å². The molecule has 1 amide bonds. The predicted octanol–water partition coefficient (Wildman–Crippen LogP) is 3.88. The fourth-order valence-corrected chi connectivity index (χ4v) is 4.61. The first-order valence-electron chi connectivity index (χ1n) is 8.10. The van der Waals surface area contributed by atoms with Gasteiger partial charge in [-0.3, -0.25) is 4.79 Å². The van der Waals surface area contributed by atoms with Crippen molar-refractivity contribution in [2.24, 2.45) is 0 Å². The van der Waals surface area contributed by atoms with Crippen molar-refractivity contribution in [1.82, 2.24) is 5.32 Å². The van der Waals surface area contributed by atoms with Gasteiger partial charge >= 0.3 is 0 Å². The molecular formula is C18H20N2O2S. The summed E-state index contributed by atoms with van der Waals surface area (Å²) in [6, 6.07) is 7.91. The van der Waals surface area contributed by atoms with Gasteiger partial charge in [0.1, 0.15) is 16.9 Å². The van der Waals surface area contributed by atoms with Gasteiger partial charge in [-0.2, -0.15) is 0 Å². The van der Waals surface area contributed by atoms with Gasteiger partial charge in [-0.1, -0.05) is 12.1 Å². The number of rotatable bonds is 3. The molecule has 0 spiro atoms. The van der Waals surface area contributed by atoms with Crippen LogP contribution in [0.1, 0.15) is 52.8 Å². The largest absolute Gasteiger partial charge is 0.491 e. The average molecular weight is 328 g/mol. The van der Waals surface area contributed by atoms with E-state index in [4.69, 9.17) is 4.74 Å². The Kier molecular flexibility index (Phi) is 3.53. The van der Waals surface area contributed by atoms with Crippen molar-refractivity contribution < 1.29 is 9.53 Å². The van der Waals surface area contributed by atoms with E-state index in [0.29, 0.717) is 0 Å². The number of carbonyl (C=O) groups is 1. The smallest absolute Gasteiger partial charge is 0.256 e. The predicted molar refractivity (Wildman–Crippen MR) is 92.4 cm³/mol. The maximum Gasteiger partial charge on any atom is 0.256 e.